The lowest BCUT2D eigenvalue weighted by Crippen LogP contribution is -2.57. The molecule has 4 aliphatic rings. The van der Waals surface area contributed by atoms with Crippen LogP contribution >= 0.6 is 0 Å². The van der Waals surface area contributed by atoms with Crippen LogP contribution in [0.3, 0.4) is 0 Å². The molecule has 3 aliphatic heterocycles. The van der Waals surface area contributed by atoms with Crippen LogP contribution in [-0.2, 0) is 21.8 Å². The van der Waals surface area contributed by atoms with Gasteiger partial charge < -0.3 is 9.80 Å². The predicted molar refractivity (Wildman–Crippen MR) is 172 cm³/mol. The van der Waals surface area contributed by atoms with Gasteiger partial charge in [0.15, 0.2) is 0 Å². The summed E-state index contributed by atoms with van der Waals surface area (Å²) in [6.07, 6.45) is 11.2. The van der Waals surface area contributed by atoms with E-state index in [2.05, 4.69) is 50.9 Å². The summed E-state index contributed by atoms with van der Waals surface area (Å²) in [4.78, 5) is 12.4. The van der Waals surface area contributed by atoms with Crippen molar-refractivity contribution in [2.75, 3.05) is 50.7 Å². The zero-order valence-corrected chi connectivity index (χ0v) is 26.4. The predicted octanol–water partition coefficient (Wildman–Crippen LogP) is 6.03. The molecule has 2 saturated heterocycles. The Bertz CT molecular complexity index is 1490. The Labute approximate surface area is 258 Å². The van der Waals surface area contributed by atoms with E-state index in [0.29, 0.717) is 16.2 Å². The average molecular weight is 599 g/mol. The highest BCUT2D eigenvalue weighted by Crippen LogP contribution is 2.53. The van der Waals surface area contributed by atoms with Gasteiger partial charge in [-0.05, 0) is 105 Å². The average Bonchev–Trinajstić information content (AvgIpc) is 3.59. The number of pyridine rings is 1. The maximum Gasteiger partial charge on any atom is 0.208 e. The monoisotopic (exact) mass is 598 g/mol. The number of anilines is 1. The summed E-state index contributed by atoms with van der Waals surface area (Å²) in [5, 5.41) is 0. The number of likely N-dealkylation sites (N-methyl/N-ethyl adjacent to an activating group) is 1. The van der Waals surface area contributed by atoms with E-state index in [-0.39, 0.29) is 4.90 Å². The summed E-state index contributed by atoms with van der Waals surface area (Å²) >= 11 is 0. The SMILES string of the molecule is CCN1Cc2ccccc2C(C2CCCC2)(C2CCN(CC3CN(c4ccc(S(=O)(=O)c5cccnc5)cc4)C3)CC2)C1. The van der Waals surface area contributed by atoms with Crippen molar-refractivity contribution < 1.29 is 8.42 Å². The zero-order valence-electron chi connectivity index (χ0n) is 25.6. The molecule has 228 valence electrons. The van der Waals surface area contributed by atoms with Gasteiger partial charge in [0.1, 0.15) is 0 Å². The molecule has 0 bridgehead atoms. The maximum absolute atomic E-state index is 12.9. The van der Waals surface area contributed by atoms with E-state index < -0.39 is 9.84 Å². The minimum absolute atomic E-state index is 0.236. The van der Waals surface area contributed by atoms with Crippen LogP contribution in [0.25, 0.3) is 0 Å². The van der Waals surface area contributed by atoms with Gasteiger partial charge >= 0.3 is 0 Å². The molecule has 3 aromatic rings. The first-order valence-electron chi connectivity index (χ1n) is 16.5. The molecule has 1 unspecified atom stereocenters. The normalized spacial score (nSPS) is 24.6. The minimum atomic E-state index is -3.53. The van der Waals surface area contributed by atoms with Gasteiger partial charge in [-0.25, -0.2) is 8.42 Å². The van der Waals surface area contributed by atoms with Crippen molar-refractivity contribution in [3.8, 4) is 0 Å². The fourth-order valence-corrected chi connectivity index (χ4v) is 10.2. The molecule has 1 atom stereocenters. The Morgan fingerprint density at radius 1 is 0.837 bits per heavy atom. The van der Waals surface area contributed by atoms with E-state index in [1.807, 2.05) is 12.1 Å². The fourth-order valence-electron chi connectivity index (χ4n) is 8.93. The van der Waals surface area contributed by atoms with Crippen LogP contribution in [0.4, 0.5) is 5.69 Å². The first-order chi connectivity index (χ1) is 21.0. The van der Waals surface area contributed by atoms with Gasteiger partial charge in [0, 0.05) is 62.1 Å². The number of likely N-dealkylation sites (tertiary alicyclic amines) is 1. The van der Waals surface area contributed by atoms with Crippen LogP contribution in [-0.4, -0.2) is 69.0 Å². The standard InChI is InChI=1S/C36H46N4O2S/c1-2-38-26-29-8-3-6-12-35(29)36(27-38,30-9-4-5-10-30)31-17-20-39(21-18-31)23-28-24-40(25-28)32-13-15-33(16-14-32)43(41,42)34-11-7-19-37-22-34/h3,6-8,11-16,19,22,28,30-31H,2,4-5,9-10,17-18,20-21,23-27H2,1H3. The lowest BCUT2D eigenvalue weighted by Gasteiger charge is -2.54. The number of rotatable bonds is 8. The molecule has 0 N–H and O–H groups in total. The van der Waals surface area contributed by atoms with E-state index in [4.69, 9.17) is 0 Å². The van der Waals surface area contributed by atoms with E-state index in [1.54, 1.807) is 41.6 Å². The number of fused-ring (bicyclic) bond motifs is 1. The highest BCUT2D eigenvalue weighted by Gasteiger charge is 2.51. The summed E-state index contributed by atoms with van der Waals surface area (Å²) in [6.45, 7) is 11.5. The second-order valence-electron chi connectivity index (χ2n) is 13.5. The van der Waals surface area contributed by atoms with Gasteiger partial charge in [0.25, 0.3) is 0 Å². The fraction of sp³-hybridized carbons (Fsp3) is 0.528. The van der Waals surface area contributed by atoms with E-state index in [1.165, 1.54) is 70.9 Å². The smallest absolute Gasteiger partial charge is 0.208 e. The summed E-state index contributed by atoms with van der Waals surface area (Å²) in [6, 6.07) is 20.1. The van der Waals surface area contributed by atoms with Crippen molar-refractivity contribution in [1.82, 2.24) is 14.8 Å². The van der Waals surface area contributed by atoms with E-state index >= 15 is 0 Å². The lowest BCUT2D eigenvalue weighted by atomic mass is 9.57. The van der Waals surface area contributed by atoms with Crippen molar-refractivity contribution in [2.45, 2.75) is 67.2 Å². The molecule has 43 heavy (non-hydrogen) atoms. The second-order valence-corrected chi connectivity index (χ2v) is 15.5. The molecule has 1 saturated carbocycles. The van der Waals surface area contributed by atoms with Gasteiger partial charge in [0.2, 0.25) is 9.84 Å². The van der Waals surface area contributed by atoms with E-state index in [9.17, 15) is 8.42 Å². The van der Waals surface area contributed by atoms with Crippen molar-refractivity contribution in [1.29, 1.82) is 0 Å². The largest absolute Gasteiger partial charge is 0.371 e. The number of benzene rings is 2. The Balaban J connectivity index is 0.971. The number of hydrogen-bond donors (Lipinski definition) is 0. The lowest BCUT2D eigenvalue weighted by molar-refractivity contribution is 0.0359. The van der Waals surface area contributed by atoms with Crippen LogP contribution in [0, 0.1) is 17.8 Å². The first-order valence-corrected chi connectivity index (χ1v) is 18.0. The number of sulfone groups is 1. The molecular formula is C36H46N4O2S. The van der Waals surface area contributed by atoms with Gasteiger partial charge in [-0.15, -0.1) is 0 Å². The molecule has 7 rings (SSSR count). The zero-order chi connectivity index (χ0) is 29.4. The first kappa shape index (κ1) is 29.0. The quantitative estimate of drug-likeness (QED) is 0.316. The molecule has 0 spiro atoms. The summed E-state index contributed by atoms with van der Waals surface area (Å²) < 4.78 is 25.8. The van der Waals surface area contributed by atoms with Crippen LogP contribution in [0.2, 0.25) is 0 Å². The third-order valence-electron chi connectivity index (χ3n) is 11.2. The van der Waals surface area contributed by atoms with Crippen molar-refractivity contribution in [2.24, 2.45) is 17.8 Å². The maximum atomic E-state index is 12.9. The second kappa shape index (κ2) is 12.0. The van der Waals surface area contributed by atoms with Crippen LogP contribution in [0.1, 0.15) is 56.6 Å². The summed E-state index contributed by atoms with van der Waals surface area (Å²) in [5.74, 6) is 2.26. The third-order valence-corrected chi connectivity index (χ3v) is 12.9. The number of piperidine rings is 1. The third kappa shape index (κ3) is 5.42. The Kier molecular flexibility index (Phi) is 8.08. The highest BCUT2D eigenvalue weighted by atomic mass is 32.2. The topological polar surface area (TPSA) is 56.8 Å². The minimum Gasteiger partial charge on any atom is -0.371 e. The van der Waals surface area contributed by atoms with Gasteiger partial charge in [-0.2, -0.15) is 0 Å². The van der Waals surface area contributed by atoms with E-state index in [0.717, 1.165) is 43.7 Å². The van der Waals surface area contributed by atoms with Gasteiger partial charge in [-0.3, -0.25) is 9.88 Å². The number of aromatic nitrogens is 1. The molecular weight excluding hydrogens is 552 g/mol. The molecule has 1 aliphatic carbocycles. The Morgan fingerprint density at radius 3 is 2.26 bits per heavy atom. The summed E-state index contributed by atoms with van der Waals surface area (Å²) in [5.41, 5.74) is 4.70. The van der Waals surface area contributed by atoms with Crippen molar-refractivity contribution >= 4 is 15.5 Å². The molecule has 0 amide bonds. The summed E-state index contributed by atoms with van der Waals surface area (Å²) in [7, 11) is -3.53. The van der Waals surface area contributed by atoms with Crippen LogP contribution in [0.15, 0.2) is 82.8 Å². The Morgan fingerprint density at radius 2 is 1.56 bits per heavy atom. The molecule has 7 heteroatoms. The Hall–Kier alpha value is -2.74. The van der Waals surface area contributed by atoms with Gasteiger partial charge in [-0.1, -0.05) is 44.0 Å². The highest BCUT2D eigenvalue weighted by molar-refractivity contribution is 7.91. The number of hydrogen-bond acceptors (Lipinski definition) is 6. The molecule has 2 aromatic carbocycles. The van der Waals surface area contributed by atoms with Crippen molar-refractivity contribution in [3.63, 3.8) is 0 Å². The number of nitrogens with zero attached hydrogens (tertiary/aromatic N) is 4. The molecule has 1 aromatic heterocycles. The van der Waals surface area contributed by atoms with Crippen LogP contribution < -0.4 is 4.90 Å². The molecule has 3 fully saturated rings. The van der Waals surface area contributed by atoms with Crippen LogP contribution in [0.5, 0.6) is 0 Å². The molecule has 4 heterocycles. The van der Waals surface area contributed by atoms with Gasteiger partial charge in [0.05, 0.1) is 9.79 Å². The molecule has 6 nitrogen and oxygen atoms in total. The van der Waals surface area contributed by atoms with Crippen molar-refractivity contribution in [3.05, 3.63) is 84.2 Å². The molecule has 0 radical (unpaired) electrons.